The summed E-state index contributed by atoms with van der Waals surface area (Å²) in [4.78, 5) is 25.3. The molecule has 0 fully saturated rings. The highest BCUT2D eigenvalue weighted by Gasteiger charge is 2.28. The quantitative estimate of drug-likeness (QED) is 0.444. The Kier molecular flexibility index (Phi) is 8.92. The van der Waals surface area contributed by atoms with Crippen molar-refractivity contribution in [1.29, 1.82) is 0 Å². The second kappa shape index (κ2) is 9.58. The monoisotopic (exact) mass is 359 g/mol. The summed E-state index contributed by atoms with van der Waals surface area (Å²) in [6, 6.07) is 0. The van der Waals surface area contributed by atoms with Gasteiger partial charge in [0.1, 0.15) is 0 Å². The van der Waals surface area contributed by atoms with Gasteiger partial charge in [-0.2, -0.15) is 0 Å². The predicted molar refractivity (Wildman–Crippen MR) is 95.9 cm³/mol. The molecule has 0 aliphatic carbocycles. The van der Waals surface area contributed by atoms with Crippen LogP contribution in [0.5, 0.6) is 0 Å². The van der Waals surface area contributed by atoms with Crippen LogP contribution in [0.25, 0.3) is 0 Å². The van der Waals surface area contributed by atoms with Gasteiger partial charge in [0.05, 0.1) is 11.3 Å². The normalized spacial score (nSPS) is 12.8. The second-order valence-electron chi connectivity index (χ2n) is 6.60. The molecule has 7 nitrogen and oxygen atoms in total. The van der Waals surface area contributed by atoms with Crippen LogP contribution in [0.3, 0.4) is 0 Å². The van der Waals surface area contributed by atoms with E-state index in [1.165, 1.54) is 0 Å². The number of amides is 2. The number of nitrogens with one attached hydrogen (secondary N) is 2. The zero-order chi connectivity index (χ0) is 19.0. The number of unbranched alkanes of at least 4 members (excludes halogenated alkanes) is 1. The maximum absolute atomic E-state index is 12.1. The van der Waals surface area contributed by atoms with Crippen LogP contribution >= 0.6 is 0 Å². The van der Waals surface area contributed by atoms with Gasteiger partial charge in [0, 0.05) is 5.57 Å². The molecule has 0 aromatic carbocycles. The molecular weight excluding hydrogens is 330 g/mol. The molecule has 0 unspecified atom stereocenters. The van der Waals surface area contributed by atoms with Crippen molar-refractivity contribution in [1.82, 2.24) is 14.9 Å². The van der Waals surface area contributed by atoms with Gasteiger partial charge in [0.15, 0.2) is 0 Å². The molecule has 0 aliphatic heterocycles. The molecule has 0 spiro atoms. The Labute approximate surface area is 145 Å². The molecule has 0 atom stereocenters. The van der Waals surface area contributed by atoms with Crippen LogP contribution in [0.1, 0.15) is 33.6 Å². The first-order chi connectivity index (χ1) is 10.9. The molecule has 8 heteroatoms. The highest BCUT2D eigenvalue weighted by Crippen LogP contribution is 2.07. The number of hydrogen-bond acceptors (Lipinski definition) is 5. The zero-order valence-corrected chi connectivity index (χ0v) is 16.0. The van der Waals surface area contributed by atoms with Crippen molar-refractivity contribution in [3.05, 3.63) is 24.3 Å². The van der Waals surface area contributed by atoms with Crippen LogP contribution in [0.2, 0.25) is 0 Å². The van der Waals surface area contributed by atoms with E-state index in [1.54, 1.807) is 26.8 Å². The Bertz CT molecular complexity index is 592. The van der Waals surface area contributed by atoms with Crippen molar-refractivity contribution >= 4 is 21.8 Å². The third kappa shape index (κ3) is 10.2. The van der Waals surface area contributed by atoms with Crippen molar-refractivity contribution in [3.8, 4) is 0 Å². The van der Waals surface area contributed by atoms with Crippen LogP contribution in [-0.2, 0) is 19.6 Å². The Morgan fingerprint density at radius 1 is 1.25 bits per heavy atom. The van der Waals surface area contributed by atoms with Crippen LogP contribution in [0.15, 0.2) is 24.3 Å². The molecule has 2 amide bonds. The van der Waals surface area contributed by atoms with Crippen LogP contribution in [0, 0.1) is 0 Å². The Balaban J connectivity index is 4.68. The summed E-state index contributed by atoms with van der Waals surface area (Å²) in [5, 5.41) is 2.51. The minimum Gasteiger partial charge on any atom is -0.347 e. The van der Waals surface area contributed by atoms with Gasteiger partial charge in [-0.1, -0.05) is 12.7 Å². The molecule has 0 rings (SSSR count). The molecule has 0 aliphatic rings. The van der Waals surface area contributed by atoms with Crippen molar-refractivity contribution < 1.29 is 18.0 Å². The zero-order valence-electron chi connectivity index (χ0n) is 15.2. The fourth-order valence-electron chi connectivity index (χ4n) is 1.97. The Morgan fingerprint density at radius 2 is 1.83 bits per heavy atom. The summed E-state index contributed by atoms with van der Waals surface area (Å²) in [6.45, 7) is 8.90. The van der Waals surface area contributed by atoms with Gasteiger partial charge in [0.25, 0.3) is 5.91 Å². The van der Waals surface area contributed by atoms with Gasteiger partial charge in [-0.25, -0.2) is 13.1 Å². The van der Waals surface area contributed by atoms with Gasteiger partial charge in [-0.15, -0.1) is 0 Å². The van der Waals surface area contributed by atoms with E-state index in [1.807, 2.05) is 23.7 Å². The third-order valence-electron chi connectivity index (χ3n) is 3.06. The first kappa shape index (κ1) is 22.3. The number of allylic oxidation sites excluding steroid dienone is 1. The smallest absolute Gasteiger partial charge is 0.260 e. The minimum absolute atomic E-state index is 0.352. The summed E-state index contributed by atoms with van der Waals surface area (Å²) in [7, 11) is 0.0431. The van der Waals surface area contributed by atoms with E-state index in [0.29, 0.717) is 12.0 Å². The minimum atomic E-state index is -3.88. The molecule has 0 radical (unpaired) electrons. The number of hydrogen-bond donors (Lipinski definition) is 2. The topological polar surface area (TPSA) is 95.6 Å². The molecule has 24 heavy (non-hydrogen) atoms. The number of carbonyl (C=O) groups excluding carboxylic acids is 2. The van der Waals surface area contributed by atoms with E-state index < -0.39 is 33.1 Å². The summed E-state index contributed by atoms with van der Waals surface area (Å²) in [5.41, 5.74) is -0.675. The van der Waals surface area contributed by atoms with Gasteiger partial charge < -0.3 is 10.2 Å². The first-order valence-electron chi connectivity index (χ1n) is 7.69. The molecule has 0 bridgehead atoms. The summed E-state index contributed by atoms with van der Waals surface area (Å²) in [6.07, 6.45) is 4.36. The lowest BCUT2D eigenvalue weighted by Gasteiger charge is -2.25. The second-order valence-corrected chi connectivity index (χ2v) is 8.32. The van der Waals surface area contributed by atoms with Gasteiger partial charge in [-0.3, -0.25) is 9.59 Å². The number of nitrogens with zero attached hydrogens (tertiary/aromatic N) is 1. The highest BCUT2D eigenvalue weighted by molar-refractivity contribution is 7.90. The van der Waals surface area contributed by atoms with E-state index >= 15 is 0 Å². The van der Waals surface area contributed by atoms with Gasteiger partial charge >= 0.3 is 0 Å². The van der Waals surface area contributed by atoms with E-state index in [-0.39, 0.29) is 0 Å². The van der Waals surface area contributed by atoms with E-state index in [4.69, 9.17) is 0 Å². The molecule has 0 heterocycles. The third-order valence-corrected chi connectivity index (χ3v) is 4.66. The van der Waals surface area contributed by atoms with Crippen LogP contribution < -0.4 is 10.0 Å². The largest absolute Gasteiger partial charge is 0.347 e. The van der Waals surface area contributed by atoms with E-state index in [2.05, 4.69) is 11.9 Å². The van der Waals surface area contributed by atoms with E-state index in [0.717, 1.165) is 19.0 Å². The lowest BCUT2D eigenvalue weighted by molar-refractivity contribution is -0.117. The Morgan fingerprint density at radius 3 is 2.33 bits per heavy atom. The predicted octanol–water partition coefficient (Wildman–Crippen LogP) is 0.801. The van der Waals surface area contributed by atoms with Crippen molar-refractivity contribution in [2.45, 2.75) is 39.2 Å². The number of carbonyl (C=O) groups is 2. The molecule has 0 saturated carbocycles. The van der Waals surface area contributed by atoms with Crippen molar-refractivity contribution in [3.63, 3.8) is 0 Å². The van der Waals surface area contributed by atoms with Crippen molar-refractivity contribution in [2.24, 2.45) is 0 Å². The maximum Gasteiger partial charge on any atom is 0.260 e. The average molecular weight is 359 g/mol. The molecule has 0 aromatic rings. The van der Waals surface area contributed by atoms with Gasteiger partial charge in [0.2, 0.25) is 15.9 Å². The van der Waals surface area contributed by atoms with Crippen LogP contribution in [-0.4, -0.2) is 57.1 Å². The Hall–Kier alpha value is -1.67. The van der Waals surface area contributed by atoms with Gasteiger partial charge in [-0.05, 0) is 60.3 Å². The lowest BCUT2D eigenvalue weighted by atomic mass is 10.1. The molecule has 2 N–H and O–H groups in total. The summed E-state index contributed by atoms with van der Waals surface area (Å²) >= 11 is 0. The summed E-state index contributed by atoms with van der Waals surface area (Å²) < 4.78 is 26.2. The standard InChI is InChI=1S/C16H29N3O4S/c1-7-14(20)17-16(3,4)12-24(22,23)18-15(21)13(2)10-8-9-11-19(5)6/h7,10H,1,8-9,11-12H2,2-6H3,(H,17,20)(H,18,21). The molecule has 0 aromatic heterocycles. The van der Waals surface area contributed by atoms with E-state index in [9.17, 15) is 18.0 Å². The van der Waals surface area contributed by atoms with Crippen molar-refractivity contribution in [2.75, 3.05) is 26.4 Å². The fraction of sp³-hybridized carbons (Fsp3) is 0.625. The average Bonchev–Trinajstić information content (AvgIpc) is 2.40. The first-order valence-corrected chi connectivity index (χ1v) is 9.34. The van der Waals surface area contributed by atoms with Crippen LogP contribution in [0.4, 0.5) is 0 Å². The lowest BCUT2D eigenvalue weighted by Crippen LogP contribution is -2.50. The number of sulfonamides is 1. The summed E-state index contributed by atoms with van der Waals surface area (Å²) in [5.74, 6) is -1.54. The SMILES string of the molecule is C=CC(=O)NC(C)(C)CS(=O)(=O)NC(=O)C(C)=CCCCN(C)C. The number of rotatable bonds is 10. The molecule has 0 saturated heterocycles. The molecule has 138 valence electrons. The maximum atomic E-state index is 12.1. The highest BCUT2D eigenvalue weighted by atomic mass is 32.2. The fourth-order valence-corrected chi connectivity index (χ4v) is 3.51. The molecular formula is C16H29N3O4S.